The van der Waals surface area contributed by atoms with Gasteiger partial charge < -0.3 is 10.1 Å². The van der Waals surface area contributed by atoms with Crippen molar-refractivity contribution in [1.29, 1.82) is 0 Å². The summed E-state index contributed by atoms with van der Waals surface area (Å²) in [7, 11) is 0. The van der Waals surface area contributed by atoms with Crippen molar-refractivity contribution in [2.45, 2.75) is 38.8 Å². The molecule has 1 N–H and O–H groups in total. The average Bonchev–Trinajstić information content (AvgIpc) is 2.82. The second-order valence-electron chi connectivity index (χ2n) is 5.83. The molecule has 2 rings (SSSR count). The third kappa shape index (κ3) is 3.70. The highest BCUT2D eigenvalue weighted by Crippen LogP contribution is 2.23. The number of hydrogen-bond acceptors (Lipinski definition) is 3. The first-order chi connectivity index (χ1) is 8.97. The normalized spacial score (nSPS) is 19.2. The average molecular weight is 262 g/mol. The Bertz CT molecular complexity index is 420. The largest absolute Gasteiger partial charge is 0.443 e. The van der Waals surface area contributed by atoms with Gasteiger partial charge in [0, 0.05) is 12.2 Å². The molecular formula is C15H22N2O2. The monoisotopic (exact) mass is 262 g/mol. The van der Waals surface area contributed by atoms with Gasteiger partial charge in [-0.05, 0) is 45.9 Å². The van der Waals surface area contributed by atoms with E-state index in [4.69, 9.17) is 4.74 Å². The summed E-state index contributed by atoms with van der Waals surface area (Å²) in [5, 5.41) is 3.29. The van der Waals surface area contributed by atoms with Crippen LogP contribution in [0.1, 0.15) is 27.2 Å². The molecule has 0 radical (unpaired) electrons. The van der Waals surface area contributed by atoms with E-state index in [0.717, 1.165) is 25.2 Å². The van der Waals surface area contributed by atoms with Crippen LogP contribution in [0.5, 0.6) is 0 Å². The van der Waals surface area contributed by atoms with Crippen LogP contribution in [0.2, 0.25) is 0 Å². The van der Waals surface area contributed by atoms with E-state index in [9.17, 15) is 4.79 Å². The molecule has 0 aromatic heterocycles. The first-order valence-corrected chi connectivity index (χ1v) is 6.75. The molecule has 4 nitrogen and oxygen atoms in total. The predicted octanol–water partition coefficient (Wildman–Crippen LogP) is 2.79. The van der Waals surface area contributed by atoms with Gasteiger partial charge in [0.2, 0.25) is 0 Å². The van der Waals surface area contributed by atoms with E-state index < -0.39 is 5.60 Å². The molecule has 0 bridgehead atoms. The van der Waals surface area contributed by atoms with Crippen LogP contribution in [0.4, 0.5) is 10.5 Å². The number of nitrogens with zero attached hydrogens (tertiary/aromatic N) is 1. The molecule has 1 aliphatic rings. The zero-order valence-electron chi connectivity index (χ0n) is 11.8. The molecule has 19 heavy (non-hydrogen) atoms. The lowest BCUT2D eigenvalue weighted by Crippen LogP contribution is -2.44. The number of amides is 1. The quantitative estimate of drug-likeness (QED) is 0.891. The second-order valence-corrected chi connectivity index (χ2v) is 5.83. The zero-order chi connectivity index (χ0) is 13.9. The maximum Gasteiger partial charge on any atom is 0.415 e. The molecule has 104 valence electrons. The van der Waals surface area contributed by atoms with Crippen molar-refractivity contribution in [3.05, 3.63) is 30.3 Å². The van der Waals surface area contributed by atoms with Crippen molar-refractivity contribution < 1.29 is 9.53 Å². The van der Waals surface area contributed by atoms with Crippen molar-refractivity contribution in [2.75, 3.05) is 18.0 Å². The minimum Gasteiger partial charge on any atom is -0.443 e. The Hall–Kier alpha value is -1.55. The third-order valence-corrected chi connectivity index (χ3v) is 3.02. The molecule has 0 aliphatic carbocycles. The van der Waals surface area contributed by atoms with Crippen molar-refractivity contribution in [2.24, 2.45) is 0 Å². The SMILES string of the molecule is CC(C)(C)OC(=O)N(c1ccccc1)[C@H]1CCNC1. The fraction of sp³-hybridized carbons (Fsp3) is 0.533. The van der Waals surface area contributed by atoms with E-state index in [1.807, 2.05) is 51.1 Å². The van der Waals surface area contributed by atoms with Crippen LogP contribution in [0.15, 0.2) is 30.3 Å². The van der Waals surface area contributed by atoms with Crippen molar-refractivity contribution in [3.8, 4) is 0 Å². The molecule has 1 aliphatic heterocycles. The Morgan fingerprint density at radius 2 is 2.00 bits per heavy atom. The number of rotatable bonds is 2. The van der Waals surface area contributed by atoms with Crippen molar-refractivity contribution >= 4 is 11.8 Å². The Kier molecular flexibility index (Phi) is 4.10. The van der Waals surface area contributed by atoms with Crippen LogP contribution in [-0.2, 0) is 4.74 Å². The lowest BCUT2D eigenvalue weighted by Gasteiger charge is -2.31. The number of anilines is 1. The summed E-state index contributed by atoms with van der Waals surface area (Å²) in [5.41, 5.74) is 0.418. The molecule has 0 unspecified atom stereocenters. The number of carbonyl (C=O) groups excluding carboxylic acids is 1. The van der Waals surface area contributed by atoms with Crippen LogP contribution >= 0.6 is 0 Å². The first kappa shape index (κ1) is 13.9. The third-order valence-electron chi connectivity index (χ3n) is 3.02. The minimum atomic E-state index is -0.476. The van der Waals surface area contributed by atoms with Gasteiger partial charge in [-0.3, -0.25) is 4.90 Å². The number of benzene rings is 1. The maximum absolute atomic E-state index is 12.4. The van der Waals surface area contributed by atoms with Gasteiger partial charge in [-0.1, -0.05) is 18.2 Å². The van der Waals surface area contributed by atoms with Gasteiger partial charge in [-0.25, -0.2) is 4.79 Å². The summed E-state index contributed by atoms with van der Waals surface area (Å²) in [6.45, 7) is 7.42. The Morgan fingerprint density at radius 3 is 2.53 bits per heavy atom. The molecular weight excluding hydrogens is 240 g/mol. The van der Waals surface area contributed by atoms with Crippen LogP contribution in [0.3, 0.4) is 0 Å². The standard InChI is InChI=1S/C15H22N2O2/c1-15(2,3)19-14(18)17(13-9-10-16-11-13)12-7-5-4-6-8-12/h4-8,13,16H,9-11H2,1-3H3/t13-/m0/s1. The molecule has 1 amide bonds. The van der Waals surface area contributed by atoms with Gasteiger partial charge in [0.25, 0.3) is 0 Å². The molecule has 1 atom stereocenters. The number of nitrogens with one attached hydrogen (secondary N) is 1. The number of hydrogen-bond donors (Lipinski definition) is 1. The van der Waals surface area contributed by atoms with E-state index in [1.54, 1.807) is 4.90 Å². The highest BCUT2D eigenvalue weighted by molar-refractivity contribution is 5.88. The molecule has 1 aromatic rings. The van der Waals surface area contributed by atoms with E-state index in [-0.39, 0.29) is 12.1 Å². The first-order valence-electron chi connectivity index (χ1n) is 6.75. The van der Waals surface area contributed by atoms with Crippen LogP contribution in [-0.4, -0.2) is 30.8 Å². The fourth-order valence-electron chi connectivity index (χ4n) is 2.22. The Balaban J connectivity index is 2.22. The van der Waals surface area contributed by atoms with E-state index in [0.29, 0.717) is 0 Å². The highest BCUT2D eigenvalue weighted by Gasteiger charge is 2.31. The van der Waals surface area contributed by atoms with Gasteiger partial charge in [-0.2, -0.15) is 0 Å². The molecule has 1 heterocycles. The summed E-state index contributed by atoms with van der Waals surface area (Å²) in [5.74, 6) is 0. The van der Waals surface area contributed by atoms with Crippen molar-refractivity contribution in [1.82, 2.24) is 5.32 Å². The summed E-state index contributed by atoms with van der Waals surface area (Å²) < 4.78 is 5.53. The van der Waals surface area contributed by atoms with E-state index in [1.165, 1.54) is 0 Å². The number of ether oxygens (including phenoxy) is 1. The molecule has 1 aromatic carbocycles. The van der Waals surface area contributed by atoms with Crippen LogP contribution in [0.25, 0.3) is 0 Å². The zero-order valence-corrected chi connectivity index (χ0v) is 11.8. The van der Waals surface area contributed by atoms with Crippen LogP contribution in [0, 0.1) is 0 Å². The summed E-state index contributed by atoms with van der Waals surface area (Å²) >= 11 is 0. The Morgan fingerprint density at radius 1 is 1.32 bits per heavy atom. The topological polar surface area (TPSA) is 41.6 Å². The molecule has 0 saturated carbocycles. The second kappa shape index (κ2) is 5.61. The van der Waals surface area contributed by atoms with Gasteiger partial charge in [-0.15, -0.1) is 0 Å². The summed E-state index contributed by atoms with van der Waals surface area (Å²) in [6.07, 6.45) is 0.682. The van der Waals surface area contributed by atoms with Gasteiger partial charge in [0.05, 0.1) is 6.04 Å². The number of carbonyl (C=O) groups is 1. The Labute approximate surface area is 114 Å². The predicted molar refractivity (Wildman–Crippen MR) is 76.4 cm³/mol. The molecule has 1 fully saturated rings. The van der Waals surface area contributed by atoms with E-state index in [2.05, 4.69) is 5.32 Å². The fourth-order valence-corrected chi connectivity index (χ4v) is 2.22. The van der Waals surface area contributed by atoms with Gasteiger partial charge in [0.15, 0.2) is 0 Å². The number of para-hydroxylation sites is 1. The molecule has 4 heteroatoms. The minimum absolute atomic E-state index is 0.164. The maximum atomic E-state index is 12.4. The van der Waals surface area contributed by atoms with Gasteiger partial charge >= 0.3 is 6.09 Å². The molecule has 1 saturated heterocycles. The van der Waals surface area contributed by atoms with Gasteiger partial charge in [0.1, 0.15) is 5.60 Å². The highest BCUT2D eigenvalue weighted by atomic mass is 16.6. The smallest absolute Gasteiger partial charge is 0.415 e. The van der Waals surface area contributed by atoms with Crippen LogP contribution < -0.4 is 10.2 Å². The summed E-state index contributed by atoms with van der Waals surface area (Å²) in [6, 6.07) is 9.88. The molecule has 0 spiro atoms. The van der Waals surface area contributed by atoms with Crippen molar-refractivity contribution in [3.63, 3.8) is 0 Å². The van der Waals surface area contributed by atoms with E-state index >= 15 is 0 Å². The lowest BCUT2D eigenvalue weighted by molar-refractivity contribution is 0.0568. The summed E-state index contributed by atoms with van der Waals surface area (Å²) in [4.78, 5) is 14.2. The lowest BCUT2D eigenvalue weighted by atomic mass is 10.2.